The summed E-state index contributed by atoms with van der Waals surface area (Å²) < 4.78 is 0. The van der Waals surface area contributed by atoms with E-state index in [-0.39, 0.29) is 5.41 Å². The van der Waals surface area contributed by atoms with Gasteiger partial charge in [0.25, 0.3) is 0 Å². The van der Waals surface area contributed by atoms with Crippen LogP contribution in [0, 0.1) is 46.8 Å². The van der Waals surface area contributed by atoms with E-state index in [4.69, 9.17) is 0 Å². The van der Waals surface area contributed by atoms with Gasteiger partial charge in [0.2, 0.25) is 0 Å². The molecule has 0 aromatic heterocycles. The predicted molar refractivity (Wildman–Crippen MR) is 62.2 cm³/mol. The first kappa shape index (κ1) is 9.41. The van der Waals surface area contributed by atoms with E-state index in [1.165, 1.54) is 32.1 Å². The van der Waals surface area contributed by atoms with E-state index in [1.54, 1.807) is 0 Å². The molecule has 2 heteroatoms. The van der Waals surface area contributed by atoms with Gasteiger partial charge in [-0.3, -0.25) is 4.79 Å². The average molecular weight is 233 g/mol. The molecule has 2 nitrogen and oxygen atoms in total. The highest BCUT2D eigenvalue weighted by Gasteiger charge is 2.72. The Morgan fingerprint density at radius 1 is 0.882 bits per heavy atom. The van der Waals surface area contributed by atoms with Crippen molar-refractivity contribution in [2.45, 2.75) is 38.5 Å². The first-order chi connectivity index (χ1) is 8.20. The van der Waals surface area contributed by atoms with Crippen LogP contribution in [0.1, 0.15) is 38.5 Å². The van der Waals surface area contributed by atoms with Gasteiger partial charge in [0, 0.05) is 0 Å². The molecule has 7 aliphatic rings. The molecule has 0 aromatic rings. The van der Waals surface area contributed by atoms with Crippen LogP contribution in [0.5, 0.6) is 0 Å². The van der Waals surface area contributed by atoms with Gasteiger partial charge < -0.3 is 5.11 Å². The third kappa shape index (κ3) is 0.821. The maximum absolute atomic E-state index is 12.0. The first-order valence-electron chi connectivity index (χ1n) is 7.43. The van der Waals surface area contributed by atoms with Crippen LogP contribution in [-0.4, -0.2) is 11.1 Å². The standard InChI is InChI=1S/C15H20O2/c16-14(17)15-6-8-2-10-9-1-7(4-12(10)15)5-13(15)11(9)3-8/h7-13H,1-6H2,(H,16,17)/i14+1. The van der Waals surface area contributed by atoms with Gasteiger partial charge in [0.15, 0.2) is 0 Å². The maximum atomic E-state index is 12.0. The molecule has 0 radical (unpaired) electrons. The fraction of sp³-hybridized carbons (Fsp3) is 0.933. The van der Waals surface area contributed by atoms with E-state index in [0.717, 1.165) is 36.0 Å². The smallest absolute Gasteiger partial charge is 0.310 e. The normalized spacial score (nSPS) is 65.5. The molecule has 17 heavy (non-hydrogen) atoms. The van der Waals surface area contributed by atoms with Gasteiger partial charge in [-0.15, -0.1) is 0 Å². The fourth-order valence-electron chi connectivity index (χ4n) is 7.36. The van der Waals surface area contributed by atoms with E-state index >= 15 is 0 Å². The van der Waals surface area contributed by atoms with Gasteiger partial charge in [-0.25, -0.2) is 0 Å². The second-order valence-electron chi connectivity index (χ2n) is 7.66. The predicted octanol–water partition coefficient (Wildman–Crippen LogP) is 2.78. The lowest BCUT2D eigenvalue weighted by atomic mass is 9.32. The molecule has 7 aliphatic carbocycles. The highest BCUT2D eigenvalue weighted by atomic mass is 16.5. The summed E-state index contributed by atoms with van der Waals surface area (Å²) in [5.41, 5.74) is -0.260. The molecule has 92 valence electrons. The summed E-state index contributed by atoms with van der Waals surface area (Å²) in [4.78, 5) is 12.0. The van der Waals surface area contributed by atoms with Crippen LogP contribution in [0.25, 0.3) is 0 Å². The molecule has 0 spiro atoms. The van der Waals surface area contributed by atoms with Crippen LogP contribution in [0.15, 0.2) is 0 Å². The van der Waals surface area contributed by atoms with Crippen molar-refractivity contribution in [3.63, 3.8) is 0 Å². The summed E-state index contributed by atoms with van der Waals surface area (Å²) in [7, 11) is 0. The van der Waals surface area contributed by atoms with Crippen molar-refractivity contribution in [2.24, 2.45) is 46.8 Å². The molecule has 0 saturated heterocycles. The van der Waals surface area contributed by atoms with Gasteiger partial charge in [0.05, 0.1) is 5.41 Å². The quantitative estimate of drug-likeness (QED) is 0.707. The highest BCUT2D eigenvalue weighted by molar-refractivity contribution is 5.77. The van der Waals surface area contributed by atoms with E-state index < -0.39 is 5.97 Å². The summed E-state index contributed by atoms with van der Waals surface area (Å²) in [5.74, 6) is 4.90. The van der Waals surface area contributed by atoms with Gasteiger partial charge >= 0.3 is 5.97 Å². The Hall–Kier alpha value is -0.530. The Morgan fingerprint density at radius 3 is 2.06 bits per heavy atom. The minimum Gasteiger partial charge on any atom is -0.481 e. The van der Waals surface area contributed by atoms with E-state index in [1.807, 2.05) is 0 Å². The van der Waals surface area contributed by atoms with Crippen molar-refractivity contribution in [3.8, 4) is 0 Å². The maximum Gasteiger partial charge on any atom is 0.310 e. The van der Waals surface area contributed by atoms with Gasteiger partial charge in [-0.2, -0.15) is 0 Å². The van der Waals surface area contributed by atoms with Crippen LogP contribution >= 0.6 is 0 Å². The number of carboxylic acid groups (broad SMARTS) is 1. The van der Waals surface area contributed by atoms with E-state index in [2.05, 4.69) is 0 Å². The summed E-state index contributed by atoms with van der Waals surface area (Å²) in [5, 5.41) is 9.89. The van der Waals surface area contributed by atoms with Crippen LogP contribution in [-0.2, 0) is 4.79 Å². The lowest BCUT2D eigenvalue weighted by Crippen LogP contribution is -2.69. The monoisotopic (exact) mass is 233 g/mol. The lowest BCUT2D eigenvalue weighted by Gasteiger charge is -2.73. The molecular formula is C15H20O2. The second-order valence-corrected chi connectivity index (χ2v) is 7.66. The van der Waals surface area contributed by atoms with Gasteiger partial charge in [-0.05, 0) is 80.0 Å². The molecule has 0 amide bonds. The number of carbonyl (C=O) groups is 1. The molecule has 7 rings (SSSR count). The number of hydrogen-bond acceptors (Lipinski definition) is 1. The summed E-state index contributed by atoms with van der Waals surface area (Å²) in [6, 6.07) is 0. The summed E-state index contributed by atoms with van der Waals surface area (Å²) in [6.07, 6.45) is 7.74. The van der Waals surface area contributed by atoms with Crippen molar-refractivity contribution in [2.75, 3.05) is 0 Å². The number of hydrogen-bond donors (Lipinski definition) is 1. The topological polar surface area (TPSA) is 37.3 Å². The highest BCUT2D eigenvalue weighted by Crippen LogP contribution is 2.75. The summed E-state index contributed by atoms with van der Waals surface area (Å²) >= 11 is 0. The molecule has 4 unspecified atom stereocenters. The Bertz CT molecular complexity index is 391. The van der Waals surface area contributed by atoms with E-state index in [9.17, 15) is 9.90 Å². The van der Waals surface area contributed by atoms with E-state index in [0.29, 0.717) is 11.8 Å². The lowest BCUT2D eigenvalue weighted by molar-refractivity contribution is -0.256. The fourth-order valence-corrected chi connectivity index (χ4v) is 7.36. The first-order valence-corrected chi connectivity index (χ1v) is 7.43. The number of carboxylic acids is 1. The molecule has 8 bridgehead atoms. The molecule has 0 aromatic carbocycles. The Morgan fingerprint density at radius 2 is 1.47 bits per heavy atom. The average Bonchev–Trinajstić information content (AvgIpc) is 2.34. The van der Waals surface area contributed by atoms with Crippen LogP contribution < -0.4 is 0 Å². The Labute approximate surface area is 102 Å². The Kier molecular flexibility index (Phi) is 1.42. The van der Waals surface area contributed by atoms with Crippen molar-refractivity contribution in [3.05, 3.63) is 0 Å². The number of rotatable bonds is 1. The minimum atomic E-state index is -0.425. The Balaban J connectivity index is 1.73. The zero-order valence-corrected chi connectivity index (χ0v) is 10.1. The molecular weight excluding hydrogens is 213 g/mol. The summed E-state index contributed by atoms with van der Waals surface area (Å²) in [6.45, 7) is 0. The third-order valence-electron chi connectivity index (χ3n) is 7.47. The zero-order chi connectivity index (χ0) is 11.4. The minimum absolute atomic E-state index is 0.260. The van der Waals surface area contributed by atoms with Gasteiger partial charge in [-0.1, -0.05) is 0 Å². The van der Waals surface area contributed by atoms with Gasteiger partial charge in [0.1, 0.15) is 0 Å². The molecule has 4 atom stereocenters. The van der Waals surface area contributed by atoms with Crippen LogP contribution in [0.3, 0.4) is 0 Å². The molecule has 0 heterocycles. The SMILES string of the molecule is O=[13C](O)C12CC3CC4C5CC(CC41)CC2C5C3. The zero-order valence-electron chi connectivity index (χ0n) is 10.1. The van der Waals surface area contributed by atoms with Crippen molar-refractivity contribution in [1.29, 1.82) is 0 Å². The molecule has 0 aliphatic heterocycles. The van der Waals surface area contributed by atoms with Crippen molar-refractivity contribution < 1.29 is 9.90 Å². The number of aliphatic carboxylic acids is 1. The van der Waals surface area contributed by atoms with Crippen molar-refractivity contribution >= 4 is 5.97 Å². The largest absolute Gasteiger partial charge is 0.481 e. The van der Waals surface area contributed by atoms with Crippen molar-refractivity contribution in [1.82, 2.24) is 0 Å². The molecule has 7 saturated carbocycles. The third-order valence-corrected chi connectivity index (χ3v) is 7.47. The van der Waals surface area contributed by atoms with Crippen LogP contribution in [0.2, 0.25) is 0 Å². The molecule has 7 fully saturated rings. The van der Waals surface area contributed by atoms with Crippen LogP contribution in [0.4, 0.5) is 0 Å². The second kappa shape index (κ2) is 2.57. The molecule has 1 N–H and O–H groups in total.